The molecule has 0 aliphatic carbocycles. The number of aliphatic imine (C=N–C) groups is 1. The van der Waals surface area contributed by atoms with Gasteiger partial charge in [0.1, 0.15) is 5.75 Å². The molecule has 1 aliphatic heterocycles. The van der Waals surface area contributed by atoms with Gasteiger partial charge in [0.25, 0.3) is 0 Å². The lowest BCUT2D eigenvalue weighted by Gasteiger charge is -2.34. The van der Waals surface area contributed by atoms with Gasteiger partial charge in [-0.3, -0.25) is 4.99 Å². The predicted octanol–water partition coefficient (Wildman–Crippen LogP) is 4.49. The number of nitrogens with zero attached hydrogens (tertiary/aromatic N) is 2. The van der Waals surface area contributed by atoms with Crippen molar-refractivity contribution in [3.8, 4) is 5.75 Å². The number of methoxy groups -OCH3 is 1. The van der Waals surface area contributed by atoms with Crippen LogP contribution in [0.25, 0.3) is 0 Å². The molecule has 0 atom stereocenters. The molecule has 1 aromatic heterocycles. The third-order valence-electron chi connectivity index (χ3n) is 5.45. The van der Waals surface area contributed by atoms with Crippen LogP contribution in [0.5, 0.6) is 5.75 Å². The molecule has 0 amide bonds. The molecule has 0 saturated carbocycles. The molecule has 160 valence electrons. The highest BCUT2D eigenvalue weighted by Crippen LogP contribution is 2.26. The highest BCUT2D eigenvalue weighted by atomic mass is 127. The zero-order chi connectivity index (χ0) is 20.0. The summed E-state index contributed by atoms with van der Waals surface area (Å²) in [7, 11) is 3.54. The van der Waals surface area contributed by atoms with E-state index in [1.54, 1.807) is 7.11 Å². The smallest absolute Gasteiger partial charge is 0.191 e. The van der Waals surface area contributed by atoms with Crippen molar-refractivity contribution < 1.29 is 4.74 Å². The lowest BCUT2D eigenvalue weighted by Crippen LogP contribution is -2.50. The van der Waals surface area contributed by atoms with Crippen LogP contribution in [0, 0.1) is 0 Å². The monoisotopic (exact) mass is 528 g/mol. The fraction of sp³-hybridized carbons (Fsp3) is 0.500. The Kier molecular flexibility index (Phi) is 9.07. The van der Waals surface area contributed by atoms with E-state index < -0.39 is 0 Å². The number of anilines is 1. The minimum Gasteiger partial charge on any atom is -0.497 e. The molecule has 2 aromatic rings. The number of rotatable bonds is 6. The molecule has 1 saturated heterocycles. The molecular weight excluding hydrogens is 495 g/mol. The molecule has 29 heavy (non-hydrogen) atoms. The molecule has 1 aromatic carbocycles. The van der Waals surface area contributed by atoms with Gasteiger partial charge in [-0.25, -0.2) is 0 Å². The number of thiophene rings is 1. The van der Waals surface area contributed by atoms with Gasteiger partial charge in [0, 0.05) is 38.1 Å². The second-order valence-electron chi connectivity index (χ2n) is 7.90. The maximum atomic E-state index is 5.27. The molecule has 0 spiro atoms. The van der Waals surface area contributed by atoms with E-state index in [0.717, 1.165) is 44.2 Å². The van der Waals surface area contributed by atoms with E-state index >= 15 is 0 Å². The Bertz CT molecular complexity index is 754. The van der Waals surface area contributed by atoms with Gasteiger partial charge < -0.3 is 20.3 Å². The van der Waals surface area contributed by atoms with E-state index in [0.29, 0.717) is 6.04 Å². The van der Waals surface area contributed by atoms with Crippen LogP contribution < -0.4 is 20.3 Å². The lowest BCUT2D eigenvalue weighted by atomic mass is 9.84. The van der Waals surface area contributed by atoms with Crippen LogP contribution in [0.15, 0.2) is 46.8 Å². The largest absolute Gasteiger partial charge is 0.497 e. The van der Waals surface area contributed by atoms with Crippen LogP contribution in [-0.2, 0) is 5.41 Å². The summed E-state index contributed by atoms with van der Waals surface area (Å²) in [5.41, 5.74) is 1.27. The number of hydrogen-bond acceptors (Lipinski definition) is 4. The number of guanidine groups is 1. The van der Waals surface area contributed by atoms with E-state index in [-0.39, 0.29) is 29.4 Å². The van der Waals surface area contributed by atoms with E-state index in [4.69, 9.17) is 4.74 Å². The maximum Gasteiger partial charge on any atom is 0.191 e. The van der Waals surface area contributed by atoms with Gasteiger partial charge in [-0.2, -0.15) is 0 Å². The van der Waals surface area contributed by atoms with Crippen molar-refractivity contribution >= 4 is 46.3 Å². The predicted molar refractivity (Wildman–Crippen MR) is 135 cm³/mol. The second kappa shape index (κ2) is 11.1. The number of halogens is 1. The van der Waals surface area contributed by atoms with Gasteiger partial charge in [-0.1, -0.05) is 26.0 Å². The molecule has 7 heteroatoms. The Labute approximate surface area is 196 Å². The van der Waals surface area contributed by atoms with E-state index in [1.165, 1.54) is 10.6 Å². The van der Waals surface area contributed by atoms with Crippen molar-refractivity contribution in [3.05, 3.63) is 47.3 Å². The fourth-order valence-electron chi connectivity index (χ4n) is 3.53. The summed E-state index contributed by atoms with van der Waals surface area (Å²) in [6, 6.07) is 13.1. The summed E-state index contributed by atoms with van der Waals surface area (Å²) in [6.07, 6.45) is 2.25. The number of benzene rings is 1. The summed E-state index contributed by atoms with van der Waals surface area (Å²) < 4.78 is 5.27. The quantitative estimate of drug-likeness (QED) is 0.330. The van der Waals surface area contributed by atoms with Crippen molar-refractivity contribution in [2.75, 3.05) is 38.7 Å². The van der Waals surface area contributed by atoms with Crippen molar-refractivity contribution in [2.45, 2.75) is 38.1 Å². The van der Waals surface area contributed by atoms with Crippen LogP contribution in [0.3, 0.4) is 0 Å². The third kappa shape index (κ3) is 6.50. The molecule has 2 heterocycles. The van der Waals surface area contributed by atoms with Gasteiger partial charge in [0.05, 0.1) is 12.1 Å². The van der Waals surface area contributed by atoms with Gasteiger partial charge in [-0.15, -0.1) is 35.3 Å². The first-order valence-corrected chi connectivity index (χ1v) is 10.8. The number of ether oxygens (including phenoxy) is 1. The van der Waals surface area contributed by atoms with E-state index in [1.807, 2.05) is 30.5 Å². The van der Waals surface area contributed by atoms with Gasteiger partial charge in [-0.05, 0) is 48.1 Å². The third-order valence-corrected chi connectivity index (χ3v) is 6.38. The van der Waals surface area contributed by atoms with Crippen molar-refractivity contribution in [1.29, 1.82) is 0 Å². The topological polar surface area (TPSA) is 48.9 Å². The zero-order valence-electron chi connectivity index (χ0n) is 17.8. The average Bonchev–Trinajstić information content (AvgIpc) is 3.26. The van der Waals surface area contributed by atoms with Crippen molar-refractivity contribution in [3.63, 3.8) is 0 Å². The molecule has 2 N–H and O–H groups in total. The Hall–Kier alpha value is -1.48. The Balaban J connectivity index is 0.00000300. The highest BCUT2D eigenvalue weighted by Gasteiger charge is 2.23. The summed E-state index contributed by atoms with van der Waals surface area (Å²) in [5, 5.41) is 10.7. The first-order chi connectivity index (χ1) is 13.5. The molecule has 0 unspecified atom stereocenters. The Morgan fingerprint density at radius 3 is 2.45 bits per heavy atom. The minimum atomic E-state index is -0.00751. The number of hydrogen-bond donors (Lipinski definition) is 2. The Morgan fingerprint density at radius 1 is 1.21 bits per heavy atom. The number of piperidine rings is 1. The molecule has 3 rings (SSSR count). The SMILES string of the molecule is CN=C(NCC(C)(C)c1ccc(OC)cc1)NC1CCN(c2cccs2)CC1.I. The van der Waals surface area contributed by atoms with Crippen LogP contribution in [0.1, 0.15) is 32.3 Å². The summed E-state index contributed by atoms with van der Waals surface area (Å²) >= 11 is 1.82. The molecule has 0 radical (unpaired) electrons. The Morgan fingerprint density at radius 2 is 1.90 bits per heavy atom. The van der Waals surface area contributed by atoms with Crippen LogP contribution in [0.2, 0.25) is 0 Å². The average molecular weight is 529 g/mol. The van der Waals surface area contributed by atoms with E-state index in [2.05, 4.69) is 64.0 Å². The standard InChI is InChI=1S/C22H32N4OS.HI/c1-22(2,17-7-9-19(27-4)10-8-17)16-24-21(23-3)25-18-11-13-26(14-12-18)20-6-5-15-28-20;/h5-10,15,18H,11-14,16H2,1-4H3,(H2,23,24,25);1H. The minimum absolute atomic E-state index is 0. The van der Waals surface area contributed by atoms with Gasteiger partial charge in [0.2, 0.25) is 0 Å². The van der Waals surface area contributed by atoms with Crippen LogP contribution in [-0.4, -0.2) is 45.8 Å². The van der Waals surface area contributed by atoms with Crippen LogP contribution >= 0.6 is 35.3 Å². The molecule has 5 nitrogen and oxygen atoms in total. The summed E-state index contributed by atoms with van der Waals surface area (Å²) in [4.78, 5) is 6.92. The normalized spacial score (nSPS) is 15.6. The van der Waals surface area contributed by atoms with E-state index in [9.17, 15) is 0 Å². The van der Waals surface area contributed by atoms with Gasteiger partial charge in [0.15, 0.2) is 5.96 Å². The van der Waals surface area contributed by atoms with Crippen molar-refractivity contribution in [2.24, 2.45) is 4.99 Å². The van der Waals surface area contributed by atoms with Gasteiger partial charge >= 0.3 is 0 Å². The lowest BCUT2D eigenvalue weighted by molar-refractivity contribution is 0.413. The molecule has 1 fully saturated rings. The fourth-order valence-corrected chi connectivity index (χ4v) is 4.32. The highest BCUT2D eigenvalue weighted by molar-refractivity contribution is 14.0. The van der Waals surface area contributed by atoms with Crippen molar-refractivity contribution in [1.82, 2.24) is 10.6 Å². The first kappa shape index (κ1) is 23.8. The molecule has 0 bridgehead atoms. The van der Waals surface area contributed by atoms with Crippen LogP contribution in [0.4, 0.5) is 5.00 Å². The summed E-state index contributed by atoms with van der Waals surface area (Å²) in [5.74, 6) is 1.77. The molecule has 1 aliphatic rings. The first-order valence-electron chi connectivity index (χ1n) is 9.92. The summed E-state index contributed by atoms with van der Waals surface area (Å²) in [6.45, 7) is 7.48. The molecular formula is C22H33IN4OS. The maximum absolute atomic E-state index is 5.27. The zero-order valence-corrected chi connectivity index (χ0v) is 20.9. The number of nitrogens with one attached hydrogen (secondary N) is 2. The second-order valence-corrected chi connectivity index (χ2v) is 8.82.